The summed E-state index contributed by atoms with van der Waals surface area (Å²) in [4.78, 5) is 26.4. The minimum absolute atomic E-state index is 0.116. The molecule has 1 amide bonds. The smallest absolute Gasteiger partial charge is 0.273 e. The van der Waals surface area contributed by atoms with Crippen LogP contribution in [0, 0.1) is 12.3 Å². The molecule has 1 aromatic carbocycles. The summed E-state index contributed by atoms with van der Waals surface area (Å²) >= 11 is 0. The van der Waals surface area contributed by atoms with E-state index >= 15 is 0 Å². The summed E-state index contributed by atoms with van der Waals surface area (Å²) in [5, 5.41) is 10.5. The summed E-state index contributed by atoms with van der Waals surface area (Å²) in [6.07, 6.45) is 7.89. The van der Waals surface area contributed by atoms with Gasteiger partial charge in [-0.2, -0.15) is 0 Å². The molecule has 0 radical (unpaired) electrons. The van der Waals surface area contributed by atoms with Gasteiger partial charge >= 0.3 is 0 Å². The lowest BCUT2D eigenvalue weighted by molar-refractivity contribution is -0.120. The van der Waals surface area contributed by atoms with Gasteiger partial charge < -0.3 is 15.0 Å². The van der Waals surface area contributed by atoms with E-state index in [1.165, 1.54) is 0 Å². The van der Waals surface area contributed by atoms with E-state index in [2.05, 4.69) is 33.0 Å². The van der Waals surface area contributed by atoms with E-state index in [-0.39, 0.29) is 36.5 Å². The number of aromatic amines is 1. The predicted molar refractivity (Wildman–Crippen MR) is 98.6 cm³/mol. The van der Waals surface area contributed by atoms with Gasteiger partial charge in [-0.3, -0.25) is 9.59 Å². The summed E-state index contributed by atoms with van der Waals surface area (Å²) in [6.45, 7) is 4.33. The Bertz CT molecular complexity index is 868. The Labute approximate surface area is 151 Å². The SMILES string of the molecule is C#CCNC(=O)CCc1nnc(-c2cccc(OCCC=C)c2)[nH]c1=O. The third-order valence-electron chi connectivity index (χ3n) is 3.44. The predicted octanol–water partition coefficient (Wildman–Crippen LogP) is 1.47. The molecule has 26 heavy (non-hydrogen) atoms. The number of nitrogens with one attached hydrogen (secondary N) is 2. The number of carbonyl (C=O) groups is 1. The van der Waals surface area contributed by atoms with Crippen LogP contribution in [0.2, 0.25) is 0 Å². The maximum Gasteiger partial charge on any atom is 0.273 e. The van der Waals surface area contributed by atoms with E-state index in [1.54, 1.807) is 18.2 Å². The number of H-pyrrole nitrogens is 1. The molecule has 134 valence electrons. The first-order valence-electron chi connectivity index (χ1n) is 8.14. The van der Waals surface area contributed by atoms with Crippen molar-refractivity contribution in [3.63, 3.8) is 0 Å². The molecule has 2 aromatic rings. The number of benzene rings is 1. The average molecular weight is 352 g/mol. The van der Waals surface area contributed by atoms with Crippen molar-refractivity contribution in [3.8, 4) is 29.5 Å². The molecule has 0 fully saturated rings. The van der Waals surface area contributed by atoms with E-state index in [1.807, 2.05) is 12.1 Å². The number of ether oxygens (including phenoxy) is 1. The maximum atomic E-state index is 12.2. The van der Waals surface area contributed by atoms with Crippen LogP contribution in [0.25, 0.3) is 11.4 Å². The lowest BCUT2D eigenvalue weighted by Gasteiger charge is -2.07. The van der Waals surface area contributed by atoms with E-state index in [9.17, 15) is 9.59 Å². The second-order valence-electron chi connectivity index (χ2n) is 5.38. The fraction of sp³-hybridized carbons (Fsp3) is 0.263. The molecule has 0 spiro atoms. The Morgan fingerprint density at radius 1 is 1.42 bits per heavy atom. The fourth-order valence-electron chi connectivity index (χ4n) is 2.12. The number of amides is 1. The van der Waals surface area contributed by atoms with Gasteiger partial charge in [0.05, 0.1) is 13.2 Å². The maximum absolute atomic E-state index is 12.2. The zero-order valence-corrected chi connectivity index (χ0v) is 14.3. The van der Waals surface area contributed by atoms with Gasteiger partial charge in [-0.1, -0.05) is 24.1 Å². The molecular weight excluding hydrogens is 332 g/mol. The van der Waals surface area contributed by atoms with E-state index in [0.717, 1.165) is 6.42 Å². The monoisotopic (exact) mass is 352 g/mol. The van der Waals surface area contributed by atoms with Gasteiger partial charge in [0.15, 0.2) is 5.82 Å². The Morgan fingerprint density at radius 3 is 3.00 bits per heavy atom. The molecule has 1 aromatic heterocycles. The molecule has 0 saturated carbocycles. The summed E-state index contributed by atoms with van der Waals surface area (Å²) < 4.78 is 5.59. The van der Waals surface area contributed by atoms with Crippen molar-refractivity contribution in [2.24, 2.45) is 0 Å². The second kappa shape index (κ2) is 9.79. The van der Waals surface area contributed by atoms with Gasteiger partial charge in [-0.25, -0.2) is 0 Å². The van der Waals surface area contributed by atoms with Crippen LogP contribution in [0.1, 0.15) is 18.5 Å². The number of hydrogen-bond acceptors (Lipinski definition) is 5. The van der Waals surface area contributed by atoms with Crippen LogP contribution in [0.15, 0.2) is 41.7 Å². The summed E-state index contributed by atoms with van der Waals surface area (Å²) in [5.41, 5.74) is 0.504. The standard InChI is InChI=1S/C19H20N4O3/c1-3-5-12-26-15-8-6-7-14(13-15)18-21-19(25)16(22-23-18)9-10-17(24)20-11-4-2/h2-3,6-8,13H,1,5,9-12H2,(H,20,24)(H,21,23,25). The highest BCUT2D eigenvalue weighted by Gasteiger charge is 2.09. The second-order valence-corrected chi connectivity index (χ2v) is 5.38. The number of aromatic nitrogens is 3. The Kier molecular flexibility index (Phi) is 7.13. The molecule has 0 aliphatic rings. The highest BCUT2D eigenvalue weighted by Crippen LogP contribution is 2.20. The van der Waals surface area contributed by atoms with E-state index in [4.69, 9.17) is 11.2 Å². The summed E-state index contributed by atoms with van der Waals surface area (Å²) in [6, 6.07) is 7.20. The van der Waals surface area contributed by atoms with Crippen LogP contribution < -0.4 is 15.6 Å². The number of nitrogens with zero attached hydrogens (tertiary/aromatic N) is 2. The minimum Gasteiger partial charge on any atom is -0.493 e. The quantitative estimate of drug-likeness (QED) is 0.405. The highest BCUT2D eigenvalue weighted by molar-refractivity contribution is 5.76. The third kappa shape index (κ3) is 5.60. The van der Waals surface area contributed by atoms with Crippen molar-refractivity contribution in [1.29, 1.82) is 0 Å². The van der Waals surface area contributed by atoms with Crippen LogP contribution in [0.3, 0.4) is 0 Å². The first-order chi connectivity index (χ1) is 12.6. The highest BCUT2D eigenvalue weighted by atomic mass is 16.5. The normalized spacial score (nSPS) is 9.96. The van der Waals surface area contributed by atoms with Crippen molar-refractivity contribution in [1.82, 2.24) is 20.5 Å². The van der Waals surface area contributed by atoms with Crippen molar-refractivity contribution < 1.29 is 9.53 Å². The van der Waals surface area contributed by atoms with Crippen LogP contribution in [-0.2, 0) is 11.2 Å². The Hall–Kier alpha value is -3.40. The summed E-state index contributed by atoms with van der Waals surface area (Å²) in [5.74, 6) is 3.08. The van der Waals surface area contributed by atoms with Gasteiger partial charge in [-0.05, 0) is 18.6 Å². The largest absolute Gasteiger partial charge is 0.493 e. The molecule has 0 aliphatic carbocycles. The zero-order valence-electron chi connectivity index (χ0n) is 14.3. The first kappa shape index (κ1) is 18.9. The number of terminal acetylenes is 1. The van der Waals surface area contributed by atoms with Crippen LogP contribution >= 0.6 is 0 Å². The molecular formula is C19H20N4O3. The lowest BCUT2D eigenvalue weighted by Crippen LogP contribution is -2.25. The molecule has 0 unspecified atom stereocenters. The number of carbonyl (C=O) groups excluding carboxylic acids is 1. The van der Waals surface area contributed by atoms with Crippen LogP contribution in [-0.4, -0.2) is 34.2 Å². The lowest BCUT2D eigenvalue weighted by atomic mass is 10.2. The molecule has 0 saturated heterocycles. The average Bonchev–Trinajstić information content (AvgIpc) is 2.66. The number of aryl methyl sites for hydroxylation is 1. The molecule has 7 nitrogen and oxygen atoms in total. The topological polar surface area (TPSA) is 97.0 Å². The fourth-order valence-corrected chi connectivity index (χ4v) is 2.12. The molecule has 0 aliphatic heterocycles. The van der Waals surface area contributed by atoms with Crippen molar-refractivity contribution in [3.05, 3.63) is 53.0 Å². The Morgan fingerprint density at radius 2 is 2.27 bits per heavy atom. The van der Waals surface area contributed by atoms with Crippen molar-refractivity contribution in [2.75, 3.05) is 13.2 Å². The molecule has 1 heterocycles. The zero-order chi connectivity index (χ0) is 18.8. The van der Waals surface area contributed by atoms with E-state index < -0.39 is 0 Å². The van der Waals surface area contributed by atoms with Crippen molar-refractivity contribution >= 4 is 5.91 Å². The van der Waals surface area contributed by atoms with Crippen LogP contribution in [0.4, 0.5) is 0 Å². The van der Waals surface area contributed by atoms with Gasteiger partial charge in [0.1, 0.15) is 11.4 Å². The van der Waals surface area contributed by atoms with Gasteiger partial charge in [0.25, 0.3) is 5.56 Å². The molecule has 2 N–H and O–H groups in total. The van der Waals surface area contributed by atoms with Crippen LogP contribution in [0.5, 0.6) is 5.75 Å². The van der Waals surface area contributed by atoms with Gasteiger partial charge in [-0.15, -0.1) is 23.2 Å². The molecule has 7 heteroatoms. The van der Waals surface area contributed by atoms with E-state index in [0.29, 0.717) is 23.7 Å². The van der Waals surface area contributed by atoms with Gasteiger partial charge in [0, 0.05) is 18.4 Å². The molecule has 0 atom stereocenters. The minimum atomic E-state index is -0.377. The third-order valence-corrected chi connectivity index (χ3v) is 3.44. The Balaban J connectivity index is 2.06. The number of rotatable bonds is 9. The van der Waals surface area contributed by atoms with Gasteiger partial charge in [0.2, 0.25) is 5.91 Å². The first-order valence-corrected chi connectivity index (χ1v) is 8.14. The van der Waals surface area contributed by atoms with Crippen molar-refractivity contribution in [2.45, 2.75) is 19.3 Å². The molecule has 2 rings (SSSR count). The summed E-state index contributed by atoms with van der Waals surface area (Å²) in [7, 11) is 0. The number of hydrogen-bond donors (Lipinski definition) is 2. The molecule has 0 bridgehead atoms.